The summed E-state index contributed by atoms with van der Waals surface area (Å²) in [6.45, 7) is 1.70. The molecule has 0 radical (unpaired) electrons. The van der Waals surface area contributed by atoms with Crippen LogP contribution in [0.5, 0.6) is 5.75 Å². The first-order valence-electron chi connectivity index (χ1n) is 7.76. The Morgan fingerprint density at radius 1 is 1.13 bits per heavy atom. The van der Waals surface area contributed by atoms with Gasteiger partial charge in [-0.1, -0.05) is 18.2 Å². The van der Waals surface area contributed by atoms with Gasteiger partial charge in [0.1, 0.15) is 5.75 Å². The molecule has 3 rings (SSSR count). The first kappa shape index (κ1) is 15.4. The molecule has 2 aromatic carbocycles. The van der Waals surface area contributed by atoms with Crippen molar-refractivity contribution < 1.29 is 4.74 Å². The van der Waals surface area contributed by atoms with Crippen molar-refractivity contribution in [2.24, 2.45) is 0 Å². The number of para-hydroxylation sites is 1. The molecule has 5 heteroatoms. The quantitative estimate of drug-likeness (QED) is 0.711. The number of nitrogens with two attached hydrogens (primary N) is 1. The number of imidazole rings is 1. The van der Waals surface area contributed by atoms with Crippen molar-refractivity contribution in [2.75, 3.05) is 33.0 Å². The lowest BCUT2D eigenvalue weighted by atomic mass is 10.2. The highest BCUT2D eigenvalue weighted by molar-refractivity contribution is 5.82. The van der Waals surface area contributed by atoms with Crippen molar-refractivity contribution in [1.82, 2.24) is 14.5 Å². The Labute approximate surface area is 136 Å². The van der Waals surface area contributed by atoms with Gasteiger partial charge in [0.05, 0.1) is 17.6 Å². The number of fused-ring (bicyclic) bond motifs is 1. The number of benzene rings is 2. The minimum Gasteiger partial charge on any atom is -0.493 e. The molecule has 0 fully saturated rings. The number of nitrogen functional groups attached to an aromatic ring is 1. The van der Waals surface area contributed by atoms with E-state index in [4.69, 9.17) is 10.5 Å². The average molecular weight is 310 g/mol. The summed E-state index contributed by atoms with van der Waals surface area (Å²) in [5.41, 5.74) is 8.93. The second-order valence-electron chi connectivity index (χ2n) is 5.80. The van der Waals surface area contributed by atoms with Crippen molar-refractivity contribution in [3.63, 3.8) is 0 Å². The van der Waals surface area contributed by atoms with E-state index in [-0.39, 0.29) is 0 Å². The highest BCUT2D eigenvalue weighted by atomic mass is 16.5. The highest BCUT2D eigenvalue weighted by Crippen LogP contribution is 2.26. The van der Waals surface area contributed by atoms with E-state index in [0.29, 0.717) is 12.6 Å². The number of anilines is 1. The predicted molar refractivity (Wildman–Crippen MR) is 94.1 cm³/mol. The molecular weight excluding hydrogens is 288 g/mol. The van der Waals surface area contributed by atoms with E-state index < -0.39 is 0 Å². The van der Waals surface area contributed by atoms with Gasteiger partial charge < -0.3 is 15.4 Å². The maximum atomic E-state index is 6.10. The highest BCUT2D eigenvalue weighted by Gasteiger charge is 2.10. The molecule has 0 aliphatic rings. The molecule has 0 amide bonds. The van der Waals surface area contributed by atoms with Gasteiger partial charge in [0.15, 0.2) is 0 Å². The van der Waals surface area contributed by atoms with Crippen LogP contribution in [0.3, 0.4) is 0 Å². The fourth-order valence-electron chi connectivity index (χ4n) is 2.59. The van der Waals surface area contributed by atoms with Gasteiger partial charge in [-0.3, -0.25) is 4.57 Å². The van der Waals surface area contributed by atoms with Gasteiger partial charge in [-0.05, 0) is 44.8 Å². The molecule has 0 unspecified atom stereocenters. The van der Waals surface area contributed by atoms with Gasteiger partial charge in [-0.25, -0.2) is 4.98 Å². The van der Waals surface area contributed by atoms with Crippen LogP contribution in [0.4, 0.5) is 5.95 Å². The summed E-state index contributed by atoms with van der Waals surface area (Å²) in [6.07, 6.45) is 0.992. The van der Waals surface area contributed by atoms with Gasteiger partial charge >= 0.3 is 0 Å². The molecule has 0 saturated carbocycles. The van der Waals surface area contributed by atoms with Crippen LogP contribution in [-0.4, -0.2) is 41.7 Å². The zero-order chi connectivity index (χ0) is 16.2. The van der Waals surface area contributed by atoms with Crippen molar-refractivity contribution in [3.8, 4) is 11.4 Å². The second kappa shape index (κ2) is 6.71. The van der Waals surface area contributed by atoms with Gasteiger partial charge in [0.2, 0.25) is 5.95 Å². The van der Waals surface area contributed by atoms with Crippen LogP contribution in [0.2, 0.25) is 0 Å². The summed E-state index contributed by atoms with van der Waals surface area (Å²) < 4.78 is 7.75. The van der Waals surface area contributed by atoms with Crippen molar-refractivity contribution in [1.29, 1.82) is 0 Å². The summed E-state index contributed by atoms with van der Waals surface area (Å²) >= 11 is 0. The fraction of sp³-hybridized carbons (Fsp3) is 0.278. The topological polar surface area (TPSA) is 56.3 Å². The smallest absolute Gasteiger partial charge is 0.205 e. The number of rotatable bonds is 6. The third-order valence-corrected chi connectivity index (χ3v) is 3.68. The van der Waals surface area contributed by atoms with E-state index in [1.165, 1.54) is 0 Å². The van der Waals surface area contributed by atoms with Gasteiger partial charge in [-0.15, -0.1) is 0 Å². The zero-order valence-corrected chi connectivity index (χ0v) is 13.6. The molecule has 1 aromatic heterocycles. The average Bonchev–Trinajstić information content (AvgIpc) is 2.87. The molecule has 2 N–H and O–H groups in total. The number of hydrogen-bond donors (Lipinski definition) is 1. The van der Waals surface area contributed by atoms with Gasteiger partial charge in [0.25, 0.3) is 0 Å². The minimum atomic E-state index is 0.482. The molecule has 120 valence electrons. The Morgan fingerprint density at radius 3 is 2.65 bits per heavy atom. The van der Waals surface area contributed by atoms with Crippen LogP contribution >= 0.6 is 0 Å². The largest absolute Gasteiger partial charge is 0.493 e. The molecular formula is C18H22N4O. The minimum absolute atomic E-state index is 0.482. The normalized spacial score (nSPS) is 11.3. The standard InChI is InChI=1S/C18H22N4O/c1-21(2)11-6-12-23-15-9-10-17-16(13-15)20-18(19)22(17)14-7-4-3-5-8-14/h3-5,7-10,13H,6,11-12H2,1-2H3,(H2,19,20). The number of nitrogens with zero attached hydrogens (tertiary/aromatic N) is 3. The molecule has 0 aliphatic carbocycles. The van der Waals surface area contributed by atoms with Crippen molar-refractivity contribution in [2.45, 2.75) is 6.42 Å². The Hall–Kier alpha value is -2.53. The lowest BCUT2D eigenvalue weighted by Crippen LogP contribution is -2.15. The monoisotopic (exact) mass is 310 g/mol. The summed E-state index contributed by atoms with van der Waals surface area (Å²) in [4.78, 5) is 6.61. The Bertz CT molecular complexity index is 780. The lowest BCUT2D eigenvalue weighted by Gasteiger charge is -2.10. The molecule has 0 aliphatic heterocycles. The van der Waals surface area contributed by atoms with Crippen LogP contribution in [-0.2, 0) is 0 Å². The van der Waals surface area contributed by atoms with E-state index in [1.54, 1.807) is 0 Å². The first-order valence-corrected chi connectivity index (χ1v) is 7.76. The number of aromatic nitrogens is 2. The Kier molecular flexibility index (Phi) is 4.48. The van der Waals surface area contributed by atoms with Crippen LogP contribution in [0.15, 0.2) is 48.5 Å². The van der Waals surface area contributed by atoms with E-state index in [0.717, 1.165) is 35.4 Å². The molecule has 5 nitrogen and oxygen atoms in total. The predicted octanol–water partition coefficient (Wildman–Crippen LogP) is 2.94. The molecule has 0 atom stereocenters. The lowest BCUT2D eigenvalue weighted by molar-refractivity contribution is 0.282. The van der Waals surface area contributed by atoms with E-state index in [9.17, 15) is 0 Å². The maximum Gasteiger partial charge on any atom is 0.205 e. The van der Waals surface area contributed by atoms with Gasteiger partial charge in [0, 0.05) is 18.3 Å². The Morgan fingerprint density at radius 2 is 1.91 bits per heavy atom. The molecule has 3 aromatic rings. The SMILES string of the molecule is CN(C)CCCOc1ccc2c(c1)nc(N)n2-c1ccccc1. The zero-order valence-electron chi connectivity index (χ0n) is 13.6. The first-order chi connectivity index (χ1) is 11.1. The molecule has 0 spiro atoms. The van der Waals surface area contributed by atoms with Crippen molar-refractivity contribution >= 4 is 17.0 Å². The fourth-order valence-corrected chi connectivity index (χ4v) is 2.59. The van der Waals surface area contributed by atoms with Crippen LogP contribution in [0.25, 0.3) is 16.7 Å². The number of hydrogen-bond acceptors (Lipinski definition) is 4. The summed E-state index contributed by atoms with van der Waals surface area (Å²) in [7, 11) is 4.12. The third-order valence-electron chi connectivity index (χ3n) is 3.68. The van der Waals surface area contributed by atoms with E-state index in [1.807, 2.05) is 53.1 Å². The van der Waals surface area contributed by atoms with E-state index in [2.05, 4.69) is 24.0 Å². The second-order valence-corrected chi connectivity index (χ2v) is 5.80. The van der Waals surface area contributed by atoms with Crippen molar-refractivity contribution in [3.05, 3.63) is 48.5 Å². The molecule has 23 heavy (non-hydrogen) atoms. The van der Waals surface area contributed by atoms with Gasteiger partial charge in [-0.2, -0.15) is 0 Å². The van der Waals surface area contributed by atoms with Crippen LogP contribution in [0.1, 0.15) is 6.42 Å². The van der Waals surface area contributed by atoms with E-state index >= 15 is 0 Å². The number of ether oxygens (including phenoxy) is 1. The summed E-state index contributed by atoms with van der Waals surface area (Å²) in [5.74, 6) is 1.31. The molecule has 0 saturated heterocycles. The molecule has 0 bridgehead atoms. The maximum absolute atomic E-state index is 6.10. The summed E-state index contributed by atoms with van der Waals surface area (Å²) in [5, 5.41) is 0. The van der Waals surface area contributed by atoms with Crippen LogP contribution < -0.4 is 10.5 Å². The summed E-state index contributed by atoms with van der Waals surface area (Å²) in [6, 6.07) is 15.9. The third kappa shape index (κ3) is 3.46. The Balaban J connectivity index is 1.82. The molecule has 1 heterocycles. The van der Waals surface area contributed by atoms with Crippen LogP contribution in [0, 0.1) is 0 Å².